The molecule has 1 N–H and O–H groups in total. The molecule has 5 heteroatoms. The van der Waals surface area contributed by atoms with Crippen LogP contribution in [0, 0.1) is 0 Å². The minimum atomic E-state index is -0.360. The summed E-state index contributed by atoms with van der Waals surface area (Å²) in [5.41, 5.74) is 0.579. The van der Waals surface area contributed by atoms with Crippen molar-refractivity contribution in [1.29, 1.82) is 0 Å². The van der Waals surface area contributed by atoms with E-state index < -0.39 is 0 Å². The van der Waals surface area contributed by atoms with Crippen molar-refractivity contribution in [3.63, 3.8) is 0 Å². The van der Waals surface area contributed by atoms with Crippen LogP contribution >= 0.6 is 0 Å². The molecule has 2 amide bonds. The monoisotopic (exact) mass is 356 g/mol. The molecule has 3 rings (SSSR count). The van der Waals surface area contributed by atoms with Gasteiger partial charge in [0.25, 0.3) is 5.91 Å². The van der Waals surface area contributed by atoms with Gasteiger partial charge >= 0.3 is 0 Å². The van der Waals surface area contributed by atoms with E-state index in [4.69, 9.17) is 4.74 Å². The summed E-state index contributed by atoms with van der Waals surface area (Å²) in [6.07, 6.45) is 5.63. The Morgan fingerprint density at radius 2 is 1.85 bits per heavy atom. The lowest BCUT2D eigenvalue weighted by molar-refractivity contribution is -0.130. The van der Waals surface area contributed by atoms with E-state index >= 15 is 0 Å². The Labute approximate surface area is 155 Å². The summed E-state index contributed by atoms with van der Waals surface area (Å²) in [6, 6.07) is 9.38. The number of carbonyl (C=O) groups excluding carboxylic acids is 2. The van der Waals surface area contributed by atoms with Crippen molar-refractivity contribution in [2.24, 2.45) is 0 Å². The molecule has 0 radical (unpaired) electrons. The molecular formula is C21H28N2O3. The van der Waals surface area contributed by atoms with E-state index in [0.29, 0.717) is 31.0 Å². The first kappa shape index (κ1) is 18.5. The summed E-state index contributed by atoms with van der Waals surface area (Å²) >= 11 is 0. The average Bonchev–Trinajstić information content (AvgIpc) is 2.91. The first-order chi connectivity index (χ1) is 12.6. The van der Waals surface area contributed by atoms with Gasteiger partial charge in [-0.2, -0.15) is 0 Å². The minimum Gasteiger partial charge on any atom is -0.451 e. The van der Waals surface area contributed by atoms with Gasteiger partial charge in [0.15, 0.2) is 5.76 Å². The van der Waals surface area contributed by atoms with Gasteiger partial charge in [-0.25, -0.2) is 0 Å². The van der Waals surface area contributed by atoms with E-state index in [-0.39, 0.29) is 17.4 Å². The van der Waals surface area contributed by atoms with Crippen LogP contribution in [-0.2, 0) is 9.59 Å². The van der Waals surface area contributed by atoms with Crippen LogP contribution in [0.15, 0.2) is 41.7 Å². The zero-order valence-electron chi connectivity index (χ0n) is 15.7. The molecule has 2 aliphatic rings. The molecular weight excluding hydrogens is 328 g/mol. The number of benzene rings is 1. The summed E-state index contributed by atoms with van der Waals surface area (Å²) < 4.78 is 6.02. The average molecular weight is 356 g/mol. The number of para-hydroxylation sites is 1. The van der Waals surface area contributed by atoms with Crippen LogP contribution in [0.25, 0.3) is 0 Å². The van der Waals surface area contributed by atoms with Gasteiger partial charge in [0.2, 0.25) is 5.91 Å². The van der Waals surface area contributed by atoms with Crippen molar-refractivity contribution in [1.82, 2.24) is 10.2 Å². The zero-order valence-corrected chi connectivity index (χ0v) is 15.7. The molecule has 0 bridgehead atoms. The largest absolute Gasteiger partial charge is 0.451 e. The Morgan fingerprint density at radius 1 is 1.15 bits per heavy atom. The summed E-state index contributed by atoms with van der Waals surface area (Å²) in [5.74, 6) is 0.962. The Bertz CT molecular complexity index is 690. The SMILES string of the molecule is CCC(=O)N(CC)CC1=C(Oc2ccccc2)C(=O)NC12CCCCC2. The third-order valence-electron chi connectivity index (χ3n) is 5.47. The fourth-order valence-electron chi connectivity index (χ4n) is 4.01. The van der Waals surface area contributed by atoms with Crippen LogP contribution in [0.5, 0.6) is 5.75 Å². The van der Waals surface area contributed by atoms with Gasteiger partial charge < -0.3 is 15.0 Å². The van der Waals surface area contributed by atoms with Crippen molar-refractivity contribution >= 4 is 11.8 Å². The maximum atomic E-state index is 12.8. The molecule has 1 aromatic rings. The molecule has 0 atom stereocenters. The summed E-state index contributed by atoms with van der Waals surface area (Å²) in [6.45, 7) is 4.92. The van der Waals surface area contributed by atoms with E-state index in [9.17, 15) is 9.59 Å². The van der Waals surface area contributed by atoms with Crippen LogP contribution in [0.1, 0.15) is 52.4 Å². The maximum absolute atomic E-state index is 12.8. The molecule has 1 aliphatic carbocycles. The Morgan fingerprint density at radius 3 is 2.46 bits per heavy atom. The Hall–Kier alpha value is -2.30. The van der Waals surface area contributed by atoms with E-state index in [1.165, 1.54) is 6.42 Å². The standard InChI is InChI=1S/C21H28N2O3/c1-3-18(24)23(4-2)15-17-19(26-16-11-7-5-8-12-16)20(25)22-21(17)13-9-6-10-14-21/h5,7-8,11-12H,3-4,6,9-10,13-15H2,1-2H3,(H,22,25). The van der Waals surface area contributed by atoms with Gasteiger partial charge in [-0.3, -0.25) is 9.59 Å². The number of ether oxygens (including phenoxy) is 1. The van der Waals surface area contributed by atoms with E-state index in [1.54, 1.807) is 0 Å². The van der Waals surface area contributed by atoms with E-state index in [2.05, 4.69) is 5.32 Å². The molecule has 0 unspecified atom stereocenters. The molecule has 0 aromatic heterocycles. The number of carbonyl (C=O) groups is 2. The second kappa shape index (κ2) is 7.94. The smallest absolute Gasteiger partial charge is 0.287 e. The number of nitrogens with zero attached hydrogens (tertiary/aromatic N) is 1. The van der Waals surface area contributed by atoms with Crippen LogP contribution in [0.2, 0.25) is 0 Å². The van der Waals surface area contributed by atoms with Gasteiger partial charge in [0.1, 0.15) is 5.75 Å². The van der Waals surface area contributed by atoms with Crippen LogP contribution in [0.4, 0.5) is 0 Å². The third kappa shape index (κ3) is 3.62. The first-order valence-electron chi connectivity index (χ1n) is 9.66. The molecule has 1 heterocycles. The van der Waals surface area contributed by atoms with Crippen molar-refractivity contribution in [3.05, 3.63) is 41.7 Å². The van der Waals surface area contributed by atoms with Crippen molar-refractivity contribution in [3.8, 4) is 5.75 Å². The second-order valence-corrected chi connectivity index (χ2v) is 7.08. The van der Waals surface area contributed by atoms with E-state index in [0.717, 1.165) is 31.3 Å². The van der Waals surface area contributed by atoms with Gasteiger partial charge in [0, 0.05) is 25.1 Å². The molecule has 1 saturated carbocycles. The van der Waals surface area contributed by atoms with Gasteiger partial charge in [-0.1, -0.05) is 44.4 Å². The summed E-state index contributed by atoms with van der Waals surface area (Å²) in [4.78, 5) is 26.9. The normalized spacial score (nSPS) is 18.8. The number of rotatable bonds is 6. The predicted octanol–water partition coefficient (Wildman–Crippen LogP) is 3.41. The zero-order chi connectivity index (χ0) is 18.6. The lowest BCUT2D eigenvalue weighted by atomic mass is 9.77. The highest BCUT2D eigenvalue weighted by molar-refractivity contribution is 5.97. The number of nitrogens with one attached hydrogen (secondary N) is 1. The Balaban J connectivity index is 1.98. The second-order valence-electron chi connectivity index (χ2n) is 7.08. The number of hydrogen-bond acceptors (Lipinski definition) is 3. The van der Waals surface area contributed by atoms with Gasteiger partial charge in [0.05, 0.1) is 5.54 Å². The van der Waals surface area contributed by atoms with Crippen molar-refractivity contribution in [2.45, 2.75) is 57.9 Å². The minimum absolute atomic E-state index is 0.101. The molecule has 0 saturated heterocycles. The fraction of sp³-hybridized carbons (Fsp3) is 0.524. The third-order valence-corrected chi connectivity index (χ3v) is 5.47. The highest BCUT2D eigenvalue weighted by Crippen LogP contribution is 2.40. The summed E-state index contributed by atoms with van der Waals surface area (Å²) in [5, 5.41) is 3.20. The highest BCUT2D eigenvalue weighted by Gasteiger charge is 2.47. The highest BCUT2D eigenvalue weighted by atomic mass is 16.5. The Kier molecular flexibility index (Phi) is 5.64. The molecule has 1 fully saturated rings. The quantitative estimate of drug-likeness (QED) is 0.850. The lowest BCUT2D eigenvalue weighted by Crippen LogP contribution is -2.48. The number of likely N-dealkylation sites (N-methyl/N-ethyl adjacent to an activating group) is 1. The molecule has 1 spiro atoms. The fourth-order valence-corrected chi connectivity index (χ4v) is 4.01. The van der Waals surface area contributed by atoms with Crippen molar-refractivity contribution < 1.29 is 14.3 Å². The number of amides is 2. The number of hydrogen-bond donors (Lipinski definition) is 1. The van der Waals surface area contributed by atoms with Crippen LogP contribution in [0.3, 0.4) is 0 Å². The first-order valence-corrected chi connectivity index (χ1v) is 9.66. The van der Waals surface area contributed by atoms with Crippen molar-refractivity contribution in [2.75, 3.05) is 13.1 Å². The van der Waals surface area contributed by atoms with E-state index in [1.807, 2.05) is 49.1 Å². The lowest BCUT2D eigenvalue weighted by Gasteiger charge is -2.37. The van der Waals surface area contributed by atoms with Crippen LogP contribution in [-0.4, -0.2) is 35.3 Å². The molecule has 26 heavy (non-hydrogen) atoms. The topological polar surface area (TPSA) is 58.6 Å². The molecule has 140 valence electrons. The molecule has 5 nitrogen and oxygen atoms in total. The summed E-state index contributed by atoms with van der Waals surface area (Å²) in [7, 11) is 0. The molecule has 1 aliphatic heterocycles. The van der Waals surface area contributed by atoms with Gasteiger partial charge in [-0.05, 0) is 31.9 Å². The van der Waals surface area contributed by atoms with Crippen LogP contribution < -0.4 is 10.1 Å². The molecule has 1 aromatic carbocycles. The van der Waals surface area contributed by atoms with Gasteiger partial charge in [-0.15, -0.1) is 0 Å². The predicted molar refractivity (Wildman–Crippen MR) is 101 cm³/mol. The maximum Gasteiger partial charge on any atom is 0.287 e.